The molecule has 1 aliphatic rings. The summed E-state index contributed by atoms with van der Waals surface area (Å²) >= 11 is 4.21. The van der Waals surface area contributed by atoms with Gasteiger partial charge >= 0.3 is 5.97 Å². The quantitative estimate of drug-likeness (QED) is 0.362. The number of imide groups is 1. The zero-order valence-electron chi connectivity index (χ0n) is 17.8. The maximum atomic E-state index is 12.6. The summed E-state index contributed by atoms with van der Waals surface area (Å²) in [6.45, 7) is 1.93. The van der Waals surface area contributed by atoms with E-state index in [1.54, 1.807) is 30.3 Å². The van der Waals surface area contributed by atoms with E-state index in [0.29, 0.717) is 33.7 Å². The minimum atomic E-state index is -0.683. The molecular weight excluding hydrogens is 512 g/mol. The van der Waals surface area contributed by atoms with Gasteiger partial charge in [-0.3, -0.25) is 19.3 Å². The molecule has 0 aliphatic carbocycles. The monoisotopic (exact) mass is 530 g/mol. The number of esters is 1. The van der Waals surface area contributed by atoms with Crippen LogP contribution in [0.5, 0.6) is 11.5 Å². The van der Waals surface area contributed by atoms with Gasteiger partial charge in [0, 0.05) is 10.0 Å². The number of ether oxygens (including phenoxy) is 3. The topological polar surface area (TPSA) is 106 Å². The second-order valence-electron chi connectivity index (χ2n) is 6.66. The van der Waals surface area contributed by atoms with Crippen LogP contribution in [-0.4, -0.2) is 42.3 Å². The first-order chi connectivity index (χ1) is 15.9. The molecule has 1 saturated heterocycles. The van der Waals surface area contributed by atoms with Crippen molar-refractivity contribution in [3.63, 3.8) is 0 Å². The highest BCUT2D eigenvalue weighted by atomic mass is 79.9. The Hall–Kier alpha value is -3.29. The van der Waals surface area contributed by atoms with Crippen molar-refractivity contribution in [1.29, 1.82) is 5.26 Å². The number of rotatable bonds is 8. The number of amides is 2. The van der Waals surface area contributed by atoms with Gasteiger partial charge in [-0.15, -0.1) is 0 Å². The molecule has 33 heavy (non-hydrogen) atoms. The first kappa shape index (κ1) is 24.4. The van der Waals surface area contributed by atoms with Crippen molar-refractivity contribution >= 4 is 50.9 Å². The van der Waals surface area contributed by atoms with Gasteiger partial charge in [0.05, 0.1) is 30.3 Å². The first-order valence-corrected chi connectivity index (χ1v) is 11.4. The highest BCUT2D eigenvalue weighted by Gasteiger charge is 2.36. The van der Waals surface area contributed by atoms with Gasteiger partial charge in [0.1, 0.15) is 13.2 Å². The number of nitrogens with zero attached hydrogens (tertiary/aromatic N) is 2. The molecule has 0 unspecified atom stereocenters. The second-order valence-corrected chi connectivity index (χ2v) is 8.50. The molecule has 0 bridgehead atoms. The lowest BCUT2D eigenvalue weighted by Crippen LogP contribution is -2.34. The van der Waals surface area contributed by atoms with E-state index in [4.69, 9.17) is 9.47 Å². The maximum Gasteiger partial charge on any atom is 0.325 e. The van der Waals surface area contributed by atoms with Crippen LogP contribution < -0.4 is 9.47 Å². The number of thioether (sulfide) groups is 1. The fourth-order valence-corrected chi connectivity index (χ4v) is 4.19. The van der Waals surface area contributed by atoms with Gasteiger partial charge in [0.2, 0.25) is 0 Å². The van der Waals surface area contributed by atoms with E-state index in [1.807, 2.05) is 19.1 Å². The second kappa shape index (κ2) is 11.0. The summed E-state index contributed by atoms with van der Waals surface area (Å²) in [7, 11) is 1.19. The third kappa shape index (κ3) is 5.74. The number of nitriles is 1. The summed E-state index contributed by atoms with van der Waals surface area (Å²) < 4.78 is 16.8. The van der Waals surface area contributed by atoms with Crippen LogP contribution in [0, 0.1) is 11.3 Å². The Bertz CT molecular complexity index is 1170. The Morgan fingerprint density at radius 3 is 2.64 bits per heavy atom. The zero-order chi connectivity index (χ0) is 24.0. The number of hydrogen-bond donors (Lipinski definition) is 0. The van der Waals surface area contributed by atoms with Crippen molar-refractivity contribution in [3.05, 3.63) is 62.5 Å². The number of methoxy groups -OCH3 is 1. The molecule has 0 radical (unpaired) electrons. The van der Waals surface area contributed by atoms with Crippen molar-refractivity contribution in [1.82, 2.24) is 4.90 Å². The van der Waals surface area contributed by atoms with Gasteiger partial charge < -0.3 is 14.2 Å². The third-order valence-electron chi connectivity index (χ3n) is 4.56. The van der Waals surface area contributed by atoms with Crippen LogP contribution in [0.15, 0.2) is 45.8 Å². The summed E-state index contributed by atoms with van der Waals surface area (Å²) in [6.07, 6.45) is 1.55. The Morgan fingerprint density at radius 1 is 1.21 bits per heavy atom. The van der Waals surface area contributed by atoms with Gasteiger partial charge in [-0.2, -0.15) is 5.26 Å². The van der Waals surface area contributed by atoms with Crippen LogP contribution in [0.2, 0.25) is 0 Å². The average molecular weight is 531 g/mol. The maximum absolute atomic E-state index is 12.6. The molecule has 0 saturated carbocycles. The van der Waals surface area contributed by atoms with Crippen LogP contribution in [0.3, 0.4) is 0 Å². The number of halogens is 1. The molecule has 8 nitrogen and oxygen atoms in total. The lowest BCUT2D eigenvalue weighted by molar-refractivity contribution is -0.143. The molecule has 0 N–H and O–H groups in total. The predicted octanol–water partition coefficient (Wildman–Crippen LogP) is 4.51. The van der Waals surface area contributed by atoms with Crippen molar-refractivity contribution in [2.75, 3.05) is 20.3 Å². The molecule has 0 atom stereocenters. The largest absolute Gasteiger partial charge is 0.490 e. The number of hydrogen-bond acceptors (Lipinski definition) is 8. The molecule has 1 fully saturated rings. The molecule has 170 valence electrons. The fraction of sp³-hybridized carbons (Fsp3) is 0.217. The van der Waals surface area contributed by atoms with Crippen molar-refractivity contribution in [3.8, 4) is 17.6 Å². The summed E-state index contributed by atoms with van der Waals surface area (Å²) in [5.41, 5.74) is 1.85. The summed E-state index contributed by atoms with van der Waals surface area (Å²) in [5.74, 6) is -0.367. The Labute approximate surface area is 203 Å². The van der Waals surface area contributed by atoms with Gasteiger partial charge in [0.25, 0.3) is 11.1 Å². The molecular formula is C23H19BrN2O6S. The van der Waals surface area contributed by atoms with Gasteiger partial charge in [-0.25, -0.2) is 0 Å². The molecule has 2 amide bonds. The van der Waals surface area contributed by atoms with E-state index in [9.17, 15) is 19.6 Å². The Morgan fingerprint density at radius 2 is 1.94 bits per heavy atom. The van der Waals surface area contributed by atoms with Crippen LogP contribution in [0.1, 0.15) is 23.6 Å². The Balaban J connectivity index is 1.86. The SMILES string of the molecule is CCOc1cc(C=C2SC(=O)N(CC(=O)OC)C2=O)c(Br)cc1OCc1ccccc1C#N. The number of carbonyl (C=O) groups excluding carboxylic acids is 3. The smallest absolute Gasteiger partial charge is 0.325 e. The molecule has 0 spiro atoms. The van der Waals surface area contributed by atoms with E-state index in [-0.39, 0.29) is 11.5 Å². The molecule has 2 aromatic carbocycles. The molecule has 3 rings (SSSR count). The molecule has 2 aromatic rings. The lowest BCUT2D eigenvalue weighted by atomic mass is 10.1. The normalized spacial score (nSPS) is 14.4. The van der Waals surface area contributed by atoms with E-state index < -0.39 is 23.7 Å². The zero-order valence-corrected chi connectivity index (χ0v) is 20.2. The summed E-state index contributed by atoms with van der Waals surface area (Å²) in [4.78, 5) is 37.2. The highest BCUT2D eigenvalue weighted by molar-refractivity contribution is 9.10. The number of carbonyl (C=O) groups is 3. The van der Waals surface area contributed by atoms with Gasteiger partial charge in [-0.1, -0.05) is 34.1 Å². The van der Waals surface area contributed by atoms with Crippen LogP contribution >= 0.6 is 27.7 Å². The standard InChI is InChI=1S/C23H19BrN2O6S/c1-3-31-18-8-16(9-20-22(28)26(23(29)33-20)12-21(27)30-2)17(24)10-19(18)32-13-15-7-5-4-6-14(15)11-25/h4-10H,3,12-13H2,1-2H3. The minimum absolute atomic E-state index is 0.169. The summed E-state index contributed by atoms with van der Waals surface area (Å²) in [5, 5.41) is 8.72. The van der Waals surface area contributed by atoms with E-state index >= 15 is 0 Å². The van der Waals surface area contributed by atoms with Crippen LogP contribution in [0.25, 0.3) is 6.08 Å². The fourth-order valence-electron chi connectivity index (χ4n) is 2.92. The average Bonchev–Trinajstić information content (AvgIpc) is 3.07. The van der Waals surface area contributed by atoms with Crippen molar-refractivity contribution in [2.45, 2.75) is 13.5 Å². The van der Waals surface area contributed by atoms with E-state index in [2.05, 4.69) is 26.7 Å². The third-order valence-corrected chi connectivity index (χ3v) is 6.15. The van der Waals surface area contributed by atoms with Gasteiger partial charge in [0.15, 0.2) is 11.5 Å². The molecule has 10 heteroatoms. The van der Waals surface area contributed by atoms with E-state index in [0.717, 1.165) is 22.2 Å². The molecule has 0 aromatic heterocycles. The lowest BCUT2D eigenvalue weighted by Gasteiger charge is -2.15. The van der Waals surface area contributed by atoms with Gasteiger partial charge in [-0.05, 0) is 48.5 Å². The minimum Gasteiger partial charge on any atom is -0.490 e. The van der Waals surface area contributed by atoms with Crippen molar-refractivity contribution < 1.29 is 28.6 Å². The predicted molar refractivity (Wildman–Crippen MR) is 125 cm³/mol. The highest BCUT2D eigenvalue weighted by Crippen LogP contribution is 2.38. The number of benzene rings is 2. The Kier molecular flexibility index (Phi) is 8.14. The van der Waals surface area contributed by atoms with Crippen LogP contribution in [-0.2, 0) is 20.9 Å². The van der Waals surface area contributed by atoms with Crippen molar-refractivity contribution in [2.24, 2.45) is 0 Å². The van der Waals surface area contributed by atoms with Crippen LogP contribution in [0.4, 0.5) is 4.79 Å². The molecule has 1 heterocycles. The summed E-state index contributed by atoms with van der Waals surface area (Å²) in [6, 6.07) is 12.7. The first-order valence-electron chi connectivity index (χ1n) is 9.77. The molecule has 1 aliphatic heterocycles. The van der Waals surface area contributed by atoms with E-state index in [1.165, 1.54) is 7.11 Å².